The maximum absolute atomic E-state index is 13.1. The van der Waals surface area contributed by atoms with Crippen molar-refractivity contribution >= 4 is 45.2 Å². The molecule has 11 heteroatoms. The summed E-state index contributed by atoms with van der Waals surface area (Å²) in [6, 6.07) is 1.40. The summed E-state index contributed by atoms with van der Waals surface area (Å²) in [7, 11) is -0.827. The topological polar surface area (TPSA) is 138 Å². The van der Waals surface area contributed by atoms with Crippen LogP contribution >= 0.6 is 11.8 Å². The molecule has 0 atom stereocenters. The van der Waals surface area contributed by atoms with Gasteiger partial charge in [-0.3, -0.25) is 14.4 Å². The van der Waals surface area contributed by atoms with Gasteiger partial charge in [0.2, 0.25) is 0 Å². The number of methoxy groups -OCH3 is 2. The molecule has 0 saturated carbocycles. The second-order valence-corrected chi connectivity index (χ2v) is 8.47. The van der Waals surface area contributed by atoms with E-state index in [1.165, 1.54) is 38.2 Å². The van der Waals surface area contributed by atoms with Crippen molar-refractivity contribution in [2.45, 2.75) is 12.8 Å². The Balaban J connectivity index is 3.21. The van der Waals surface area contributed by atoms with Gasteiger partial charge in [-0.05, 0) is 17.6 Å². The van der Waals surface area contributed by atoms with Crippen molar-refractivity contribution < 1.29 is 28.1 Å². The van der Waals surface area contributed by atoms with E-state index in [4.69, 9.17) is 5.73 Å². The number of thioether (sulfide) groups is 1. The SMILES string of the molecule is COC(=O)CCS(=O)(CCC(=O)OC)=NC(=O)c1cnc(N)c(C#CSC)c1. The number of amides is 1. The summed E-state index contributed by atoms with van der Waals surface area (Å²) >= 11 is 1.27. The first kappa shape index (κ1) is 23.5. The van der Waals surface area contributed by atoms with Crippen LogP contribution in [0, 0.1) is 11.2 Å². The van der Waals surface area contributed by atoms with Crippen LogP contribution in [0.25, 0.3) is 0 Å². The second kappa shape index (κ2) is 11.3. The van der Waals surface area contributed by atoms with E-state index in [0.29, 0.717) is 5.56 Å². The van der Waals surface area contributed by atoms with Crippen LogP contribution in [0.4, 0.5) is 5.82 Å². The molecule has 0 unspecified atom stereocenters. The zero-order valence-electron chi connectivity index (χ0n) is 15.7. The molecule has 1 heterocycles. The van der Waals surface area contributed by atoms with Crippen molar-refractivity contribution in [3.8, 4) is 11.2 Å². The predicted octanol–water partition coefficient (Wildman–Crippen LogP) is 1.07. The molecule has 2 N–H and O–H groups in total. The number of rotatable bonds is 7. The number of hydrogen-bond donors (Lipinski definition) is 1. The lowest BCUT2D eigenvalue weighted by molar-refractivity contribution is -0.140. The molecular formula is C17H21N3O6S2. The van der Waals surface area contributed by atoms with Crippen molar-refractivity contribution in [2.75, 3.05) is 37.7 Å². The number of pyridine rings is 1. The summed E-state index contributed by atoms with van der Waals surface area (Å²) in [6.07, 6.45) is 2.56. The van der Waals surface area contributed by atoms with Crippen molar-refractivity contribution in [1.82, 2.24) is 4.98 Å². The van der Waals surface area contributed by atoms with Crippen molar-refractivity contribution in [3.63, 3.8) is 0 Å². The number of nitrogen functional groups attached to an aromatic ring is 1. The van der Waals surface area contributed by atoms with Crippen LogP contribution in [0.5, 0.6) is 0 Å². The number of nitrogens with two attached hydrogens (primary N) is 1. The number of esters is 2. The molecule has 0 aliphatic rings. The van der Waals surface area contributed by atoms with Gasteiger partial charge in [-0.15, -0.1) is 0 Å². The third-order valence-electron chi connectivity index (χ3n) is 3.41. The van der Waals surface area contributed by atoms with E-state index in [1.807, 2.05) is 0 Å². The summed E-state index contributed by atoms with van der Waals surface area (Å²) < 4.78 is 25.9. The summed E-state index contributed by atoms with van der Waals surface area (Å²) in [5.41, 5.74) is 6.11. The minimum absolute atomic E-state index is 0.0449. The van der Waals surface area contributed by atoms with Crippen LogP contribution in [0.2, 0.25) is 0 Å². The standard InChI is InChI=1S/C17H21N3O6S2/c1-25-14(21)5-8-28(24,9-6-15(22)26-2)20-17(23)13-10-12(4-7-27-3)16(18)19-11-13/h10-11H,5-6,8-9H2,1-3H3,(H2,18,19). The van der Waals surface area contributed by atoms with E-state index in [-0.39, 0.29) is 35.7 Å². The van der Waals surface area contributed by atoms with Crippen LogP contribution in [-0.4, -0.2) is 59.0 Å². The van der Waals surface area contributed by atoms with Gasteiger partial charge < -0.3 is 15.2 Å². The molecule has 9 nitrogen and oxygen atoms in total. The Morgan fingerprint density at radius 1 is 1.21 bits per heavy atom. The van der Waals surface area contributed by atoms with Crippen molar-refractivity contribution in [3.05, 3.63) is 23.4 Å². The quantitative estimate of drug-likeness (QED) is 0.500. The van der Waals surface area contributed by atoms with Gasteiger partial charge >= 0.3 is 11.9 Å². The Hall–Kier alpha value is -2.58. The highest BCUT2D eigenvalue weighted by molar-refractivity contribution is 8.03. The van der Waals surface area contributed by atoms with Crippen molar-refractivity contribution in [1.29, 1.82) is 0 Å². The number of aromatic nitrogens is 1. The first-order valence-electron chi connectivity index (χ1n) is 7.94. The highest BCUT2D eigenvalue weighted by atomic mass is 32.2. The van der Waals surface area contributed by atoms with E-state index in [2.05, 4.69) is 30.0 Å². The molecule has 0 aliphatic carbocycles. The molecule has 0 fully saturated rings. The molecule has 0 spiro atoms. The monoisotopic (exact) mass is 427 g/mol. The van der Waals surface area contributed by atoms with E-state index in [1.54, 1.807) is 6.26 Å². The maximum atomic E-state index is 13.1. The maximum Gasteiger partial charge on any atom is 0.306 e. The normalized spacial score (nSPS) is 10.4. The molecule has 0 aromatic carbocycles. The molecule has 28 heavy (non-hydrogen) atoms. The Morgan fingerprint density at radius 2 is 1.79 bits per heavy atom. The van der Waals surface area contributed by atoms with Crippen LogP contribution in [0.3, 0.4) is 0 Å². The smallest absolute Gasteiger partial charge is 0.306 e. The fraction of sp³-hybridized carbons (Fsp3) is 0.412. The van der Waals surface area contributed by atoms with E-state index >= 15 is 0 Å². The highest BCUT2D eigenvalue weighted by Gasteiger charge is 2.18. The second-order valence-electron chi connectivity index (χ2n) is 5.32. The third-order valence-corrected chi connectivity index (χ3v) is 5.90. The van der Waals surface area contributed by atoms with Gasteiger partial charge in [0.05, 0.1) is 47.9 Å². The Morgan fingerprint density at radius 3 is 2.29 bits per heavy atom. The molecule has 0 saturated heterocycles. The van der Waals surface area contributed by atoms with E-state index < -0.39 is 27.6 Å². The van der Waals surface area contributed by atoms with Gasteiger partial charge in [0.25, 0.3) is 5.91 Å². The van der Waals surface area contributed by atoms with Crippen LogP contribution in [0.15, 0.2) is 16.6 Å². The van der Waals surface area contributed by atoms with Gasteiger partial charge in [-0.2, -0.15) is 4.36 Å². The molecule has 0 bridgehead atoms. The number of nitrogens with zero attached hydrogens (tertiary/aromatic N) is 2. The molecule has 0 aliphatic heterocycles. The summed E-state index contributed by atoms with van der Waals surface area (Å²) in [5.74, 6) is 0.432. The Bertz CT molecular complexity index is 901. The van der Waals surface area contributed by atoms with Gasteiger partial charge in [-0.1, -0.05) is 17.7 Å². The average molecular weight is 428 g/mol. The molecule has 1 amide bonds. The van der Waals surface area contributed by atoms with E-state index in [9.17, 15) is 18.6 Å². The molecule has 1 aromatic heterocycles. The minimum Gasteiger partial charge on any atom is -0.469 e. The summed E-state index contributed by atoms with van der Waals surface area (Å²) in [6.45, 7) is 0. The lowest BCUT2D eigenvalue weighted by Gasteiger charge is -2.09. The molecule has 1 rings (SSSR count). The number of ether oxygens (including phenoxy) is 2. The minimum atomic E-state index is -3.21. The molecule has 152 valence electrons. The Kier molecular flexibility index (Phi) is 9.47. The largest absolute Gasteiger partial charge is 0.469 e. The van der Waals surface area contributed by atoms with Crippen LogP contribution in [-0.2, 0) is 28.8 Å². The zero-order valence-corrected chi connectivity index (χ0v) is 17.4. The van der Waals surface area contributed by atoms with Crippen molar-refractivity contribution in [2.24, 2.45) is 4.36 Å². The first-order chi connectivity index (χ1) is 13.2. The average Bonchev–Trinajstić information content (AvgIpc) is 2.69. The fourth-order valence-corrected chi connectivity index (χ4v) is 3.86. The lowest BCUT2D eigenvalue weighted by Crippen LogP contribution is -2.19. The van der Waals surface area contributed by atoms with Crippen LogP contribution in [0.1, 0.15) is 28.8 Å². The first-order valence-corrected chi connectivity index (χ1v) is 11.0. The van der Waals surface area contributed by atoms with Gasteiger partial charge in [0.1, 0.15) is 5.82 Å². The lowest BCUT2D eigenvalue weighted by atomic mass is 10.2. The fourth-order valence-electron chi connectivity index (χ4n) is 1.89. The number of carbonyl (C=O) groups is 3. The zero-order chi connectivity index (χ0) is 21.2. The number of carbonyl (C=O) groups excluding carboxylic acids is 3. The molecule has 1 aromatic rings. The highest BCUT2D eigenvalue weighted by Crippen LogP contribution is 2.13. The molecular weight excluding hydrogens is 406 g/mol. The summed E-state index contributed by atoms with van der Waals surface area (Å²) in [5, 5.41) is 2.74. The van der Waals surface area contributed by atoms with Crippen LogP contribution < -0.4 is 5.73 Å². The van der Waals surface area contributed by atoms with Gasteiger partial charge in [0.15, 0.2) is 0 Å². The van der Waals surface area contributed by atoms with E-state index in [0.717, 1.165) is 0 Å². The Labute approximate surface area is 167 Å². The molecule has 0 radical (unpaired) electrons. The van der Waals surface area contributed by atoms with Gasteiger partial charge in [-0.25, -0.2) is 9.19 Å². The van der Waals surface area contributed by atoms with Gasteiger partial charge in [0, 0.05) is 17.7 Å². The predicted molar refractivity (Wildman–Crippen MR) is 107 cm³/mol. The number of anilines is 1. The number of hydrogen-bond acceptors (Lipinski definition) is 9. The third kappa shape index (κ3) is 7.58. The summed E-state index contributed by atoms with van der Waals surface area (Å²) in [4.78, 5) is 39.2.